The highest BCUT2D eigenvalue weighted by molar-refractivity contribution is 6.74. The molecule has 0 radical (unpaired) electrons. The van der Waals surface area contributed by atoms with Gasteiger partial charge in [0, 0.05) is 0 Å². The predicted molar refractivity (Wildman–Crippen MR) is 76.6 cm³/mol. The zero-order chi connectivity index (χ0) is 15.3. The SMILES string of the molecule is COC(=O)C(O)CO[C@@H](C)CO[Si](C)(C)C(C)(C)C. The van der Waals surface area contributed by atoms with Crippen molar-refractivity contribution in [2.45, 2.75) is 58.0 Å². The molecular weight excluding hydrogens is 264 g/mol. The minimum absolute atomic E-state index is 0.0747. The van der Waals surface area contributed by atoms with Crippen molar-refractivity contribution in [3.63, 3.8) is 0 Å². The van der Waals surface area contributed by atoms with Crippen LogP contribution in [0.25, 0.3) is 0 Å². The summed E-state index contributed by atoms with van der Waals surface area (Å²) in [6.45, 7) is 13.1. The Kier molecular flexibility index (Phi) is 7.21. The van der Waals surface area contributed by atoms with E-state index in [1.165, 1.54) is 7.11 Å². The van der Waals surface area contributed by atoms with Crippen LogP contribution < -0.4 is 0 Å². The molecule has 1 unspecified atom stereocenters. The van der Waals surface area contributed by atoms with Gasteiger partial charge in [-0.15, -0.1) is 0 Å². The van der Waals surface area contributed by atoms with E-state index in [1.807, 2.05) is 6.92 Å². The number of ether oxygens (including phenoxy) is 2. The van der Waals surface area contributed by atoms with Crippen LogP contribution in [0.1, 0.15) is 27.7 Å². The largest absolute Gasteiger partial charge is 0.467 e. The summed E-state index contributed by atoms with van der Waals surface area (Å²) in [5.41, 5.74) is 0. The van der Waals surface area contributed by atoms with Crippen molar-refractivity contribution >= 4 is 14.3 Å². The van der Waals surface area contributed by atoms with Gasteiger partial charge < -0.3 is 19.0 Å². The second-order valence-electron chi connectivity index (χ2n) is 6.25. The monoisotopic (exact) mass is 292 g/mol. The molecule has 0 amide bonds. The molecule has 0 bridgehead atoms. The zero-order valence-corrected chi connectivity index (χ0v) is 14.1. The van der Waals surface area contributed by atoms with E-state index in [1.54, 1.807) is 0 Å². The van der Waals surface area contributed by atoms with Gasteiger partial charge in [-0.05, 0) is 25.1 Å². The van der Waals surface area contributed by atoms with Crippen LogP contribution in [0.3, 0.4) is 0 Å². The second-order valence-corrected chi connectivity index (χ2v) is 11.1. The average molecular weight is 292 g/mol. The van der Waals surface area contributed by atoms with Crippen LogP contribution in [0.2, 0.25) is 18.1 Å². The lowest BCUT2D eigenvalue weighted by Crippen LogP contribution is -2.43. The summed E-state index contributed by atoms with van der Waals surface area (Å²) < 4.78 is 15.8. The van der Waals surface area contributed by atoms with Gasteiger partial charge in [0.05, 0.1) is 26.4 Å². The van der Waals surface area contributed by atoms with Crippen molar-refractivity contribution in [3.8, 4) is 0 Å². The van der Waals surface area contributed by atoms with Crippen molar-refractivity contribution in [1.29, 1.82) is 0 Å². The molecule has 1 N–H and O–H groups in total. The van der Waals surface area contributed by atoms with E-state index in [9.17, 15) is 9.90 Å². The first kappa shape index (κ1) is 18.6. The Morgan fingerprint density at radius 3 is 2.21 bits per heavy atom. The van der Waals surface area contributed by atoms with Gasteiger partial charge in [-0.3, -0.25) is 0 Å². The number of methoxy groups -OCH3 is 1. The molecule has 0 aromatic heterocycles. The normalized spacial score (nSPS) is 16.0. The summed E-state index contributed by atoms with van der Waals surface area (Å²) in [5, 5.41) is 9.54. The molecule has 6 heteroatoms. The van der Waals surface area contributed by atoms with Crippen molar-refractivity contribution in [1.82, 2.24) is 0 Å². The zero-order valence-electron chi connectivity index (χ0n) is 13.1. The molecule has 19 heavy (non-hydrogen) atoms. The molecule has 0 saturated heterocycles. The highest BCUT2D eigenvalue weighted by Gasteiger charge is 2.37. The van der Waals surface area contributed by atoms with Crippen LogP contribution in [0.5, 0.6) is 0 Å². The fourth-order valence-corrected chi connectivity index (χ4v) is 2.13. The number of esters is 1. The van der Waals surface area contributed by atoms with E-state index < -0.39 is 20.4 Å². The van der Waals surface area contributed by atoms with Crippen LogP contribution in [-0.2, 0) is 18.7 Å². The number of hydrogen-bond donors (Lipinski definition) is 1. The average Bonchev–Trinajstić information content (AvgIpc) is 2.30. The third-order valence-electron chi connectivity index (χ3n) is 3.50. The van der Waals surface area contributed by atoms with Gasteiger partial charge in [-0.1, -0.05) is 20.8 Å². The summed E-state index contributed by atoms with van der Waals surface area (Å²) in [7, 11) is -0.555. The van der Waals surface area contributed by atoms with Gasteiger partial charge in [0.15, 0.2) is 14.4 Å². The topological polar surface area (TPSA) is 65.0 Å². The first-order valence-electron chi connectivity index (χ1n) is 6.52. The van der Waals surface area contributed by atoms with Gasteiger partial charge in [0.25, 0.3) is 0 Å². The molecule has 0 aliphatic carbocycles. The van der Waals surface area contributed by atoms with Gasteiger partial charge in [0.1, 0.15) is 0 Å². The van der Waals surface area contributed by atoms with Gasteiger partial charge in [-0.25, -0.2) is 4.79 Å². The van der Waals surface area contributed by atoms with E-state index >= 15 is 0 Å². The van der Waals surface area contributed by atoms with Crippen LogP contribution in [0.4, 0.5) is 0 Å². The summed E-state index contributed by atoms with van der Waals surface area (Å²) >= 11 is 0. The molecule has 114 valence electrons. The lowest BCUT2D eigenvalue weighted by atomic mass is 10.2. The number of aliphatic hydroxyl groups excluding tert-OH is 1. The number of carbonyl (C=O) groups is 1. The maximum Gasteiger partial charge on any atom is 0.337 e. The molecule has 0 aromatic carbocycles. The van der Waals surface area contributed by atoms with Crippen molar-refractivity contribution in [3.05, 3.63) is 0 Å². The third-order valence-corrected chi connectivity index (χ3v) is 8.00. The van der Waals surface area contributed by atoms with Crippen molar-refractivity contribution in [2.24, 2.45) is 0 Å². The van der Waals surface area contributed by atoms with E-state index in [4.69, 9.17) is 9.16 Å². The molecule has 0 fully saturated rings. The Hall–Kier alpha value is -0.433. The molecule has 5 nitrogen and oxygen atoms in total. The standard InChI is InChI=1S/C13H28O5Si/c1-10(17-9-11(14)12(15)16-5)8-18-19(6,7)13(2,3)4/h10-11,14H,8-9H2,1-7H3/t10-,11?/m0/s1. The number of carbonyl (C=O) groups excluding carboxylic acids is 1. The molecule has 0 aliphatic rings. The lowest BCUT2D eigenvalue weighted by Gasteiger charge is -2.36. The van der Waals surface area contributed by atoms with Crippen LogP contribution in [-0.4, -0.2) is 51.9 Å². The molecule has 2 atom stereocenters. The molecule has 0 aromatic rings. The quantitative estimate of drug-likeness (QED) is 0.574. The smallest absolute Gasteiger partial charge is 0.337 e. The van der Waals surface area contributed by atoms with E-state index in [-0.39, 0.29) is 17.7 Å². The highest BCUT2D eigenvalue weighted by atomic mass is 28.4. The Morgan fingerprint density at radius 2 is 1.79 bits per heavy atom. The van der Waals surface area contributed by atoms with Crippen molar-refractivity contribution < 1.29 is 23.8 Å². The fourth-order valence-electron chi connectivity index (χ4n) is 1.05. The molecule has 0 aliphatic heterocycles. The number of aliphatic hydroxyl groups is 1. The van der Waals surface area contributed by atoms with Crippen molar-refractivity contribution in [2.75, 3.05) is 20.3 Å². The first-order valence-corrected chi connectivity index (χ1v) is 9.43. The minimum atomic E-state index is -1.79. The first-order chi connectivity index (χ1) is 8.51. The van der Waals surface area contributed by atoms with Gasteiger partial charge >= 0.3 is 5.97 Å². The molecule has 0 rings (SSSR count). The molecule has 0 heterocycles. The molecule has 0 spiro atoms. The number of rotatable bonds is 7. The Labute approximate surface area is 117 Å². The molecule has 0 saturated carbocycles. The Bertz CT molecular complexity index is 285. The van der Waals surface area contributed by atoms with Gasteiger partial charge in [-0.2, -0.15) is 0 Å². The highest BCUT2D eigenvalue weighted by Crippen LogP contribution is 2.36. The number of hydrogen-bond acceptors (Lipinski definition) is 5. The summed E-state index contributed by atoms with van der Waals surface area (Å²) in [5.74, 6) is -0.683. The predicted octanol–water partition coefficient (Wildman–Crippen LogP) is 1.95. The van der Waals surface area contributed by atoms with Crippen LogP contribution in [0.15, 0.2) is 0 Å². The Morgan fingerprint density at radius 1 is 1.26 bits per heavy atom. The maximum absolute atomic E-state index is 11.0. The molecular formula is C13H28O5Si. The lowest BCUT2D eigenvalue weighted by molar-refractivity contribution is -0.155. The second kappa shape index (κ2) is 7.38. The van der Waals surface area contributed by atoms with E-state index in [0.717, 1.165) is 0 Å². The fraction of sp³-hybridized carbons (Fsp3) is 0.923. The summed E-state index contributed by atoms with van der Waals surface area (Å²) in [4.78, 5) is 11.0. The van der Waals surface area contributed by atoms with E-state index in [2.05, 4.69) is 38.6 Å². The summed E-state index contributed by atoms with van der Waals surface area (Å²) in [6, 6.07) is 0. The summed E-state index contributed by atoms with van der Waals surface area (Å²) in [6.07, 6.45) is -1.41. The van der Waals surface area contributed by atoms with Crippen LogP contribution >= 0.6 is 0 Å². The maximum atomic E-state index is 11.0. The van der Waals surface area contributed by atoms with Crippen LogP contribution in [0, 0.1) is 0 Å². The Balaban J connectivity index is 4.07. The third kappa shape index (κ3) is 6.51. The van der Waals surface area contributed by atoms with E-state index in [0.29, 0.717) is 6.61 Å². The minimum Gasteiger partial charge on any atom is -0.467 e. The van der Waals surface area contributed by atoms with Gasteiger partial charge in [0.2, 0.25) is 0 Å².